The molecule has 0 bridgehead atoms. The lowest BCUT2D eigenvalue weighted by atomic mass is 10.0. The lowest BCUT2D eigenvalue weighted by Gasteiger charge is -2.38. The van der Waals surface area contributed by atoms with Crippen LogP contribution in [0.4, 0.5) is 15.8 Å². The molecule has 2 aliphatic heterocycles. The highest BCUT2D eigenvalue weighted by atomic mass is 19.1. The number of aromatic nitrogens is 4. The number of carbonyl (C=O) groups is 1. The molecule has 4 heterocycles. The molecule has 37 heavy (non-hydrogen) atoms. The number of nitrogens with one attached hydrogen (secondary N) is 2. The molecule has 3 atom stereocenters. The van der Waals surface area contributed by atoms with Crippen molar-refractivity contribution < 1.29 is 13.9 Å². The standard InChI is InChI=1S/C27H30FN7O2/c1-15-11-35(12-16(2)30-15)23-5-4-20(25-21(23)10-29-26(32-25)17-6-7-37-14-17)27(36)31-19-8-18-13-34(3)33-24(18)22(28)9-19/h4-5,8-10,13,15-17,30H,6-7,11-12,14H2,1-3H3,(H,31,36). The van der Waals surface area contributed by atoms with Gasteiger partial charge in [-0.05, 0) is 44.5 Å². The molecule has 0 saturated carbocycles. The first-order valence-electron chi connectivity index (χ1n) is 12.7. The summed E-state index contributed by atoms with van der Waals surface area (Å²) in [4.78, 5) is 25.5. The number of halogens is 1. The number of nitrogens with zero attached hydrogens (tertiary/aromatic N) is 5. The molecule has 192 valence electrons. The number of rotatable bonds is 4. The van der Waals surface area contributed by atoms with E-state index >= 15 is 0 Å². The highest BCUT2D eigenvalue weighted by Gasteiger charge is 2.26. The van der Waals surface area contributed by atoms with Gasteiger partial charge in [0, 0.05) is 79.3 Å². The van der Waals surface area contributed by atoms with Crippen molar-refractivity contribution in [2.75, 3.05) is 36.5 Å². The van der Waals surface area contributed by atoms with E-state index in [-0.39, 0.29) is 17.3 Å². The van der Waals surface area contributed by atoms with Gasteiger partial charge >= 0.3 is 0 Å². The molecule has 0 spiro atoms. The summed E-state index contributed by atoms with van der Waals surface area (Å²) in [5, 5.41) is 12.0. The first-order valence-corrected chi connectivity index (χ1v) is 12.7. The van der Waals surface area contributed by atoms with E-state index in [1.165, 1.54) is 6.07 Å². The molecule has 2 aromatic heterocycles. The zero-order valence-corrected chi connectivity index (χ0v) is 21.2. The van der Waals surface area contributed by atoms with E-state index in [0.717, 1.165) is 30.6 Å². The number of fused-ring (bicyclic) bond motifs is 2. The lowest BCUT2D eigenvalue weighted by Crippen LogP contribution is -2.54. The summed E-state index contributed by atoms with van der Waals surface area (Å²) < 4.78 is 21.7. The van der Waals surface area contributed by atoms with Gasteiger partial charge in [-0.2, -0.15) is 5.10 Å². The fourth-order valence-electron chi connectivity index (χ4n) is 5.52. The minimum atomic E-state index is -0.485. The van der Waals surface area contributed by atoms with Crippen LogP contribution in [0.15, 0.2) is 36.7 Å². The maximum atomic E-state index is 14.6. The number of benzene rings is 2. The normalized spacial score (nSPS) is 22.2. The second kappa shape index (κ2) is 9.35. The van der Waals surface area contributed by atoms with Gasteiger partial charge in [-0.25, -0.2) is 14.4 Å². The molecule has 2 N–H and O–H groups in total. The van der Waals surface area contributed by atoms with E-state index in [1.807, 2.05) is 18.3 Å². The number of hydrogen-bond acceptors (Lipinski definition) is 7. The minimum Gasteiger partial charge on any atom is -0.381 e. The van der Waals surface area contributed by atoms with Crippen molar-refractivity contribution in [1.82, 2.24) is 25.1 Å². The maximum absolute atomic E-state index is 14.6. The monoisotopic (exact) mass is 503 g/mol. The fourth-order valence-corrected chi connectivity index (χ4v) is 5.52. The third kappa shape index (κ3) is 4.51. The van der Waals surface area contributed by atoms with Gasteiger partial charge in [-0.3, -0.25) is 9.48 Å². The predicted octanol–water partition coefficient (Wildman–Crippen LogP) is 3.60. The van der Waals surface area contributed by atoms with E-state index in [4.69, 9.17) is 14.7 Å². The van der Waals surface area contributed by atoms with Crippen LogP contribution in [0.2, 0.25) is 0 Å². The van der Waals surface area contributed by atoms with Crippen molar-refractivity contribution in [2.24, 2.45) is 7.05 Å². The summed E-state index contributed by atoms with van der Waals surface area (Å²) >= 11 is 0. The molecule has 0 radical (unpaired) electrons. The van der Waals surface area contributed by atoms with Crippen LogP contribution in [-0.2, 0) is 11.8 Å². The number of hydrogen-bond donors (Lipinski definition) is 2. The van der Waals surface area contributed by atoms with Gasteiger partial charge in [0.1, 0.15) is 11.3 Å². The van der Waals surface area contributed by atoms with Gasteiger partial charge in [-0.1, -0.05) is 0 Å². The van der Waals surface area contributed by atoms with Crippen LogP contribution in [0.1, 0.15) is 42.4 Å². The first-order chi connectivity index (χ1) is 17.9. The molecule has 10 heteroatoms. The first kappa shape index (κ1) is 23.7. The van der Waals surface area contributed by atoms with Crippen molar-refractivity contribution >= 4 is 39.1 Å². The minimum absolute atomic E-state index is 0.102. The van der Waals surface area contributed by atoms with E-state index in [9.17, 15) is 9.18 Å². The number of carbonyl (C=O) groups excluding carboxylic acids is 1. The van der Waals surface area contributed by atoms with Gasteiger partial charge in [0.15, 0.2) is 5.82 Å². The highest BCUT2D eigenvalue weighted by Crippen LogP contribution is 2.32. The molecule has 2 aromatic carbocycles. The zero-order chi connectivity index (χ0) is 25.7. The summed E-state index contributed by atoms with van der Waals surface area (Å²) in [7, 11) is 1.73. The Labute approximate surface area is 214 Å². The molecule has 6 rings (SSSR count). The number of ether oxygens (including phenoxy) is 1. The van der Waals surface area contributed by atoms with Gasteiger partial charge in [-0.15, -0.1) is 0 Å². The van der Waals surface area contributed by atoms with Crippen LogP contribution in [0.3, 0.4) is 0 Å². The van der Waals surface area contributed by atoms with Crippen molar-refractivity contribution in [3.05, 3.63) is 53.9 Å². The lowest BCUT2D eigenvalue weighted by molar-refractivity contribution is 0.102. The number of anilines is 2. The average molecular weight is 504 g/mol. The Morgan fingerprint density at radius 2 is 2.00 bits per heavy atom. The summed E-state index contributed by atoms with van der Waals surface area (Å²) in [6.07, 6.45) is 4.40. The molecule has 3 unspecified atom stereocenters. The van der Waals surface area contributed by atoms with Gasteiger partial charge in [0.05, 0.1) is 17.7 Å². The predicted molar refractivity (Wildman–Crippen MR) is 141 cm³/mol. The molecule has 0 aliphatic carbocycles. The summed E-state index contributed by atoms with van der Waals surface area (Å²) in [5.74, 6) is -0.0543. The van der Waals surface area contributed by atoms with E-state index < -0.39 is 5.82 Å². The van der Waals surface area contributed by atoms with Crippen LogP contribution in [0, 0.1) is 5.82 Å². The Kier molecular flexibility index (Phi) is 6.00. The Bertz CT molecular complexity index is 1490. The third-order valence-corrected chi connectivity index (χ3v) is 7.12. The van der Waals surface area contributed by atoms with Crippen LogP contribution in [-0.4, -0.2) is 64.0 Å². The molecule has 9 nitrogen and oxygen atoms in total. The summed E-state index contributed by atoms with van der Waals surface area (Å²) in [6, 6.07) is 7.45. The molecular weight excluding hydrogens is 473 g/mol. The molecule has 2 fully saturated rings. The average Bonchev–Trinajstić information content (AvgIpc) is 3.52. The van der Waals surface area contributed by atoms with Crippen LogP contribution in [0.25, 0.3) is 21.8 Å². The Balaban J connectivity index is 1.41. The molecule has 2 aliphatic rings. The van der Waals surface area contributed by atoms with Crippen molar-refractivity contribution in [1.29, 1.82) is 0 Å². The molecule has 1 amide bonds. The van der Waals surface area contributed by atoms with Crippen molar-refractivity contribution in [3.63, 3.8) is 0 Å². The smallest absolute Gasteiger partial charge is 0.257 e. The number of aryl methyl sites for hydroxylation is 1. The zero-order valence-electron chi connectivity index (χ0n) is 21.2. The van der Waals surface area contributed by atoms with E-state index in [2.05, 4.69) is 34.5 Å². The Morgan fingerprint density at radius 3 is 2.76 bits per heavy atom. The van der Waals surface area contributed by atoms with E-state index in [1.54, 1.807) is 24.0 Å². The maximum Gasteiger partial charge on any atom is 0.257 e. The van der Waals surface area contributed by atoms with Crippen molar-refractivity contribution in [2.45, 2.75) is 38.3 Å². The van der Waals surface area contributed by atoms with Crippen LogP contribution < -0.4 is 15.5 Å². The van der Waals surface area contributed by atoms with Gasteiger partial charge in [0.2, 0.25) is 0 Å². The third-order valence-electron chi connectivity index (χ3n) is 7.12. The Hall–Kier alpha value is -3.63. The topological polar surface area (TPSA) is 97.2 Å². The van der Waals surface area contributed by atoms with Gasteiger partial charge < -0.3 is 20.3 Å². The van der Waals surface area contributed by atoms with Gasteiger partial charge in [0.25, 0.3) is 5.91 Å². The van der Waals surface area contributed by atoms with Crippen molar-refractivity contribution in [3.8, 4) is 0 Å². The summed E-state index contributed by atoms with van der Waals surface area (Å²) in [5.41, 5.74) is 2.65. The number of piperazine rings is 1. The van der Waals surface area contributed by atoms with Crippen LogP contribution >= 0.6 is 0 Å². The molecular formula is C27H30FN7O2. The van der Waals surface area contributed by atoms with Crippen LogP contribution in [0.5, 0.6) is 0 Å². The highest BCUT2D eigenvalue weighted by molar-refractivity contribution is 6.14. The Morgan fingerprint density at radius 1 is 1.19 bits per heavy atom. The number of amides is 1. The second-order valence-corrected chi connectivity index (χ2v) is 10.2. The molecule has 4 aromatic rings. The fraction of sp³-hybridized carbons (Fsp3) is 0.407. The second-order valence-electron chi connectivity index (χ2n) is 10.2. The molecule has 2 saturated heterocycles. The summed E-state index contributed by atoms with van der Waals surface area (Å²) in [6.45, 7) is 7.27. The quantitative estimate of drug-likeness (QED) is 0.439. The van der Waals surface area contributed by atoms with E-state index in [0.29, 0.717) is 53.3 Å². The largest absolute Gasteiger partial charge is 0.381 e. The SMILES string of the molecule is CC1CN(c2ccc(C(=O)Nc3cc(F)c4nn(C)cc4c3)c3nc(C4CCOC4)ncc23)CC(C)N1.